The fraction of sp³-hybridized carbons (Fsp3) is 0.238. The molecule has 1 heterocycles. The maximum Gasteiger partial charge on any atom is 0.320 e. The smallest absolute Gasteiger partial charge is 0.320 e. The van der Waals surface area contributed by atoms with E-state index in [1.54, 1.807) is 13.0 Å². The monoisotopic (exact) mass is 430 g/mol. The lowest BCUT2D eigenvalue weighted by Gasteiger charge is -2.18. The van der Waals surface area contributed by atoms with Crippen molar-refractivity contribution in [3.05, 3.63) is 64.4 Å². The molecule has 0 unspecified atom stereocenters. The van der Waals surface area contributed by atoms with E-state index in [2.05, 4.69) is 20.9 Å². The lowest BCUT2D eigenvalue weighted by atomic mass is 10.0. The minimum Gasteiger partial charge on any atom is -0.465 e. The van der Waals surface area contributed by atoms with Crippen LogP contribution < -0.4 is 0 Å². The zero-order chi connectivity index (χ0) is 19.4. The molecule has 0 aliphatic heterocycles. The number of rotatable bonds is 6. The Bertz CT molecular complexity index is 960. The molecule has 3 aromatic rings. The number of aromatic nitrogens is 1. The average molecular weight is 431 g/mol. The Morgan fingerprint density at radius 2 is 1.93 bits per heavy atom. The van der Waals surface area contributed by atoms with Crippen LogP contribution in [0, 0.1) is 5.82 Å². The first-order valence-electron chi connectivity index (χ1n) is 8.65. The molecular formula is C21H20BrFN2O2. The Morgan fingerprint density at radius 1 is 1.19 bits per heavy atom. The highest BCUT2D eigenvalue weighted by Gasteiger charge is 2.13. The molecule has 27 heavy (non-hydrogen) atoms. The van der Waals surface area contributed by atoms with Gasteiger partial charge >= 0.3 is 5.97 Å². The first-order valence-corrected chi connectivity index (χ1v) is 9.45. The number of ether oxygens (including phenoxy) is 1. The van der Waals surface area contributed by atoms with Gasteiger partial charge in [0.2, 0.25) is 0 Å². The Morgan fingerprint density at radius 3 is 2.63 bits per heavy atom. The quantitative estimate of drug-likeness (QED) is 0.526. The molecule has 4 nitrogen and oxygen atoms in total. The molecule has 0 saturated carbocycles. The molecule has 2 aromatic carbocycles. The molecule has 0 aliphatic rings. The van der Waals surface area contributed by atoms with Gasteiger partial charge in [-0.15, -0.1) is 0 Å². The van der Waals surface area contributed by atoms with Crippen molar-refractivity contribution >= 4 is 32.8 Å². The minimum absolute atomic E-state index is 0.167. The van der Waals surface area contributed by atoms with Crippen LogP contribution in [0.15, 0.2) is 53.0 Å². The highest BCUT2D eigenvalue weighted by atomic mass is 79.9. The number of benzene rings is 2. The number of hydrogen-bond donors (Lipinski definition) is 0. The predicted molar refractivity (Wildman–Crippen MR) is 108 cm³/mol. The van der Waals surface area contributed by atoms with Crippen LogP contribution in [0.1, 0.15) is 12.5 Å². The first-order chi connectivity index (χ1) is 13.0. The molecule has 0 aliphatic carbocycles. The largest absolute Gasteiger partial charge is 0.465 e. The van der Waals surface area contributed by atoms with Gasteiger partial charge in [0.25, 0.3) is 0 Å². The number of hydrogen-bond acceptors (Lipinski definition) is 4. The SMILES string of the molecule is CCOC(=O)CN(C)Cc1cc(-c2ccc(Br)cc2)nc2ccc(F)cc12. The van der Waals surface area contributed by atoms with Crippen molar-refractivity contribution in [3.8, 4) is 11.3 Å². The fourth-order valence-corrected chi connectivity index (χ4v) is 3.21. The summed E-state index contributed by atoms with van der Waals surface area (Å²) in [6.07, 6.45) is 0. The summed E-state index contributed by atoms with van der Waals surface area (Å²) in [5, 5.41) is 0.742. The second-order valence-corrected chi connectivity index (χ2v) is 7.23. The third kappa shape index (κ3) is 4.90. The number of likely N-dealkylation sites (N-methyl/N-ethyl adjacent to an activating group) is 1. The second-order valence-electron chi connectivity index (χ2n) is 6.31. The van der Waals surface area contributed by atoms with E-state index in [0.717, 1.165) is 32.2 Å². The van der Waals surface area contributed by atoms with Gasteiger partial charge in [0.15, 0.2) is 0 Å². The van der Waals surface area contributed by atoms with E-state index in [1.165, 1.54) is 12.1 Å². The number of nitrogens with zero attached hydrogens (tertiary/aromatic N) is 2. The maximum absolute atomic E-state index is 13.8. The molecule has 0 saturated heterocycles. The molecule has 6 heteroatoms. The van der Waals surface area contributed by atoms with Crippen LogP contribution >= 0.6 is 15.9 Å². The van der Waals surface area contributed by atoms with E-state index in [9.17, 15) is 9.18 Å². The van der Waals surface area contributed by atoms with E-state index in [-0.39, 0.29) is 18.3 Å². The van der Waals surface area contributed by atoms with E-state index in [4.69, 9.17) is 4.74 Å². The van der Waals surface area contributed by atoms with Gasteiger partial charge in [-0.25, -0.2) is 9.37 Å². The summed E-state index contributed by atoms with van der Waals surface area (Å²) in [6, 6.07) is 14.4. The normalized spacial score (nSPS) is 11.1. The molecule has 0 radical (unpaired) electrons. The van der Waals surface area contributed by atoms with Gasteiger partial charge in [-0.05, 0) is 55.9 Å². The highest BCUT2D eigenvalue weighted by molar-refractivity contribution is 9.10. The first kappa shape index (κ1) is 19.5. The minimum atomic E-state index is -0.310. The molecule has 0 bridgehead atoms. The lowest BCUT2D eigenvalue weighted by Crippen LogP contribution is -2.27. The Hall–Kier alpha value is -2.31. The van der Waals surface area contributed by atoms with Crippen LogP contribution in [0.3, 0.4) is 0 Å². The van der Waals surface area contributed by atoms with E-state index < -0.39 is 0 Å². The van der Waals surface area contributed by atoms with Crippen molar-refractivity contribution in [2.45, 2.75) is 13.5 Å². The molecule has 3 rings (SSSR count). The zero-order valence-corrected chi connectivity index (χ0v) is 16.8. The van der Waals surface area contributed by atoms with Crippen molar-refractivity contribution in [1.82, 2.24) is 9.88 Å². The number of carbonyl (C=O) groups is 1. The van der Waals surface area contributed by atoms with E-state index >= 15 is 0 Å². The summed E-state index contributed by atoms with van der Waals surface area (Å²) in [4.78, 5) is 18.3. The van der Waals surface area contributed by atoms with Gasteiger partial charge < -0.3 is 4.74 Å². The van der Waals surface area contributed by atoms with Crippen LogP contribution in [0.25, 0.3) is 22.2 Å². The summed E-state index contributed by atoms with van der Waals surface area (Å²) in [7, 11) is 1.84. The number of esters is 1. The average Bonchev–Trinajstić information content (AvgIpc) is 2.62. The van der Waals surface area contributed by atoms with Crippen molar-refractivity contribution in [2.75, 3.05) is 20.2 Å². The number of halogens is 2. The van der Waals surface area contributed by atoms with Gasteiger partial charge in [0, 0.05) is 22.0 Å². The number of fused-ring (bicyclic) bond motifs is 1. The predicted octanol–water partition coefficient (Wildman–Crippen LogP) is 4.80. The van der Waals surface area contributed by atoms with Crippen LogP contribution in [0.5, 0.6) is 0 Å². The van der Waals surface area contributed by atoms with Gasteiger partial charge in [-0.1, -0.05) is 28.1 Å². The molecular weight excluding hydrogens is 411 g/mol. The molecule has 0 spiro atoms. The van der Waals surface area contributed by atoms with Crippen molar-refractivity contribution in [3.63, 3.8) is 0 Å². The topological polar surface area (TPSA) is 42.4 Å². The zero-order valence-electron chi connectivity index (χ0n) is 15.2. The van der Waals surface area contributed by atoms with Crippen LogP contribution in [-0.4, -0.2) is 36.1 Å². The third-order valence-electron chi connectivity index (χ3n) is 4.14. The summed E-state index contributed by atoms with van der Waals surface area (Å²) >= 11 is 3.44. The van der Waals surface area contributed by atoms with Crippen LogP contribution in [-0.2, 0) is 16.1 Å². The Balaban J connectivity index is 1.99. The molecule has 0 fully saturated rings. The number of pyridine rings is 1. The van der Waals surface area contributed by atoms with E-state index in [1.807, 2.05) is 42.3 Å². The van der Waals surface area contributed by atoms with Crippen molar-refractivity contribution in [1.29, 1.82) is 0 Å². The summed E-state index contributed by atoms with van der Waals surface area (Å²) in [6.45, 7) is 2.77. The Labute approximate surface area is 166 Å². The molecule has 1 aromatic heterocycles. The molecule has 0 amide bonds. The maximum atomic E-state index is 13.8. The summed E-state index contributed by atoms with van der Waals surface area (Å²) in [5.41, 5.74) is 3.40. The molecule has 140 valence electrons. The van der Waals surface area contributed by atoms with Crippen molar-refractivity contribution in [2.24, 2.45) is 0 Å². The number of carbonyl (C=O) groups excluding carboxylic acids is 1. The van der Waals surface area contributed by atoms with E-state index in [0.29, 0.717) is 13.2 Å². The van der Waals surface area contributed by atoms with Crippen LogP contribution in [0.2, 0.25) is 0 Å². The van der Waals surface area contributed by atoms with Crippen molar-refractivity contribution < 1.29 is 13.9 Å². The second kappa shape index (κ2) is 8.59. The standard InChI is InChI=1S/C21H20BrFN2O2/c1-3-27-21(26)13-25(2)12-15-10-20(14-4-6-16(22)7-5-14)24-19-9-8-17(23)11-18(15)19/h4-11H,3,12-13H2,1-2H3. The highest BCUT2D eigenvalue weighted by Crippen LogP contribution is 2.27. The lowest BCUT2D eigenvalue weighted by molar-refractivity contribution is -0.144. The third-order valence-corrected chi connectivity index (χ3v) is 4.67. The fourth-order valence-electron chi connectivity index (χ4n) is 2.94. The molecule has 0 atom stereocenters. The summed E-state index contributed by atoms with van der Waals surface area (Å²) in [5.74, 6) is -0.590. The van der Waals surface area contributed by atoms with Gasteiger partial charge in [0.05, 0.1) is 24.4 Å². The summed E-state index contributed by atoms with van der Waals surface area (Å²) < 4.78 is 19.8. The molecule has 0 N–H and O–H groups in total. The van der Waals surface area contributed by atoms with Gasteiger partial charge in [0.1, 0.15) is 5.82 Å². The van der Waals surface area contributed by atoms with Crippen LogP contribution in [0.4, 0.5) is 4.39 Å². The van der Waals surface area contributed by atoms with Gasteiger partial charge in [-0.2, -0.15) is 0 Å². The van der Waals surface area contributed by atoms with Gasteiger partial charge in [-0.3, -0.25) is 9.69 Å². The Kier molecular flexibility index (Phi) is 6.19.